The van der Waals surface area contributed by atoms with E-state index in [4.69, 9.17) is 0 Å². The zero-order chi connectivity index (χ0) is 17.0. The maximum atomic E-state index is 11.1. The van der Waals surface area contributed by atoms with Crippen molar-refractivity contribution in [1.29, 1.82) is 0 Å². The lowest BCUT2D eigenvalue weighted by Gasteiger charge is -1.99. The highest BCUT2D eigenvalue weighted by Gasteiger charge is 2.13. The summed E-state index contributed by atoms with van der Waals surface area (Å²) in [5, 5.41) is 0. The van der Waals surface area contributed by atoms with Crippen LogP contribution in [0.15, 0.2) is 24.3 Å². The van der Waals surface area contributed by atoms with Gasteiger partial charge in [-0.1, -0.05) is 0 Å². The van der Waals surface area contributed by atoms with Gasteiger partial charge in [0.05, 0.1) is 13.2 Å². The monoisotopic (exact) mass is 314 g/mol. The van der Waals surface area contributed by atoms with Gasteiger partial charge in [-0.25, -0.2) is 24.0 Å². The highest BCUT2D eigenvalue weighted by atomic mass is 16.8. The summed E-state index contributed by atoms with van der Waals surface area (Å²) < 4.78 is 17.0. The summed E-state index contributed by atoms with van der Waals surface area (Å²) in [4.78, 5) is 54.9. The van der Waals surface area contributed by atoms with Crippen LogP contribution in [0.5, 0.6) is 0 Å². The second kappa shape index (κ2) is 10.8. The van der Waals surface area contributed by atoms with Gasteiger partial charge in [-0.15, -0.1) is 0 Å². The average molecular weight is 314 g/mol. The molecule has 0 aliphatic carbocycles. The highest BCUT2D eigenvalue weighted by molar-refractivity contribution is 5.99. The molecule has 120 valence electrons. The van der Waals surface area contributed by atoms with E-state index in [1.807, 2.05) is 0 Å². The number of esters is 4. The Balaban J connectivity index is 4.22. The Morgan fingerprint density at radius 1 is 0.636 bits per heavy atom. The lowest BCUT2D eigenvalue weighted by molar-refractivity contribution is -0.142. The molecule has 0 heterocycles. The van der Waals surface area contributed by atoms with Crippen molar-refractivity contribution in [1.82, 2.24) is 0 Å². The first kappa shape index (κ1) is 19.0. The van der Waals surface area contributed by atoms with E-state index < -0.39 is 30.0 Å². The normalized spacial score (nSPS) is 10.3. The first-order valence-electron chi connectivity index (χ1n) is 6.06. The van der Waals surface area contributed by atoms with E-state index in [0.29, 0.717) is 12.2 Å². The molecule has 0 unspecified atom stereocenters. The summed E-state index contributed by atoms with van der Waals surface area (Å²) in [6, 6.07) is 0. The molecule has 0 fully saturated rings. The maximum absolute atomic E-state index is 11.1. The summed E-state index contributed by atoms with van der Waals surface area (Å²) >= 11 is 0. The Bertz CT molecular complexity index is 458. The molecular weight excluding hydrogens is 300 g/mol. The van der Waals surface area contributed by atoms with E-state index >= 15 is 0 Å². The summed E-state index contributed by atoms with van der Waals surface area (Å²) in [6.07, 6.45) is 1.11. The van der Waals surface area contributed by atoms with Crippen molar-refractivity contribution in [3.8, 4) is 0 Å². The Morgan fingerprint density at radius 2 is 0.955 bits per heavy atom. The fraction of sp³-hybridized carbons (Fsp3) is 0.308. The number of ether oxygens (including phenoxy) is 4. The van der Waals surface area contributed by atoms with Crippen molar-refractivity contribution >= 4 is 30.0 Å². The average Bonchev–Trinajstić information content (AvgIpc) is 2.43. The van der Waals surface area contributed by atoms with E-state index in [0.717, 1.165) is 12.2 Å². The van der Waals surface area contributed by atoms with Crippen LogP contribution in [0.1, 0.15) is 13.8 Å². The summed E-state index contributed by atoms with van der Waals surface area (Å²) in [5.41, 5.74) is 0. The van der Waals surface area contributed by atoms with E-state index in [1.54, 1.807) is 13.8 Å². The first-order valence-corrected chi connectivity index (χ1v) is 6.06. The Labute approximate surface area is 125 Å². The minimum absolute atomic E-state index is 0.113. The van der Waals surface area contributed by atoms with Crippen LogP contribution in [-0.4, -0.2) is 43.2 Å². The van der Waals surface area contributed by atoms with Crippen molar-refractivity contribution < 1.29 is 42.9 Å². The molecule has 0 saturated carbocycles. The SMILES string of the molecule is CCOC(=O)/C=C\C(=O)OC(=O)OC(=O)/C=C\C(=O)OCC. The molecule has 9 heteroatoms. The van der Waals surface area contributed by atoms with Gasteiger partial charge in [-0.05, 0) is 13.8 Å². The number of carbonyl (C=O) groups is 5. The van der Waals surface area contributed by atoms with Crippen LogP contribution in [0.3, 0.4) is 0 Å². The van der Waals surface area contributed by atoms with E-state index in [-0.39, 0.29) is 13.2 Å². The fourth-order valence-corrected chi connectivity index (χ4v) is 0.906. The molecule has 0 amide bonds. The van der Waals surface area contributed by atoms with Gasteiger partial charge in [0.25, 0.3) is 0 Å². The van der Waals surface area contributed by atoms with Crippen molar-refractivity contribution in [3.63, 3.8) is 0 Å². The first-order chi connectivity index (χ1) is 10.4. The second-order valence-electron chi connectivity index (χ2n) is 3.26. The molecule has 0 aromatic heterocycles. The topological polar surface area (TPSA) is 122 Å². The molecule has 0 atom stereocenters. The fourth-order valence-electron chi connectivity index (χ4n) is 0.906. The Morgan fingerprint density at radius 3 is 1.27 bits per heavy atom. The predicted octanol–water partition coefficient (Wildman–Crippen LogP) is 0.431. The third kappa shape index (κ3) is 9.89. The summed E-state index contributed by atoms with van der Waals surface area (Å²) in [7, 11) is 0. The molecule has 0 bridgehead atoms. The predicted molar refractivity (Wildman–Crippen MR) is 69.1 cm³/mol. The molecule has 0 aliphatic rings. The Kier molecular flexibility index (Phi) is 9.32. The van der Waals surface area contributed by atoms with Crippen LogP contribution in [0.2, 0.25) is 0 Å². The lowest BCUT2D eigenvalue weighted by atomic mass is 10.5. The molecule has 0 saturated heterocycles. The smallest absolute Gasteiger partial charge is 0.463 e. The van der Waals surface area contributed by atoms with Crippen LogP contribution in [0, 0.1) is 0 Å². The van der Waals surface area contributed by atoms with Gasteiger partial charge < -0.3 is 18.9 Å². The van der Waals surface area contributed by atoms with Crippen LogP contribution < -0.4 is 0 Å². The maximum Gasteiger partial charge on any atom is 0.524 e. The van der Waals surface area contributed by atoms with E-state index in [2.05, 4.69) is 18.9 Å². The summed E-state index contributed by atoms with van der Waals surface area (Å²) in [5.74, 6) is -4.08. The molecule has 0 rings (SSSR count). The number of hydrogen-bond donors (Lipinski definition) is 0. The zero-order valence-corrected chi connectivity index (χ0v) is 11.9. The van der Waals surface area contributed by atoms with Gasteiger partial charge in [-0.2, -0.15) is 0 Å². The molecule has 0 N–H and O–H groups in total. The molecule has 9 nitrogen and oxygen atoms in total. The molecule has 0 spiro atoms. The van der Waals surface area contributed by atoms with Crippen LogP contribution in [0.25, 0.3) is 0 Å². The summed E-state index contributed by atoms with van der Waals surface area (Å²) in [6.45, 7) is 3.36. The van der Waals surface area contributed by atoms with Gasteiger partial charge >= 0.3 is 30.0 Å². The van der Waals surface area contributed by atoms with Gasteiger partial charge in [0, 0.05) is 24.3 Å². The second-order valence-corrected chi connectivity index (χ2v) is 3.26. The van der Waals surface area contributed by atoms with Crippen molar-refractivity contribution in [2.75, 3.05) is 13.2 Å². The molecule has 0 aromatic carbocycles. The van der Waals surface area contributed by atoms with Crippen molar-refractivity contribution in [3.05, 3.63) is 24.3 Å². The van der Waals surface area contributed by atoms with E-state index in [9.17, 15) is 24.0 Å². The number of rotatable bonds is 6. The molecule has 0 aromatic rings. The largest absolute Gasteiger partial charge is 0.524 e. The van der Waals surface area contributed by atoms with Crippen LogP contribution in [0.4, 0.5) is 4.79 Å². The van der Waals surface area contributed by atoms with Gasteiger partial charge in [0.15, 0.2) is 0 Å². The van der Waals surface area contributed by atoms with Gasteiger partial charge in [-0.3, -0.25) is 0 Å². The standard InChI is InChI=1S/C13H14O9/c1-3-19-9(14)5-7-11(16)21-13(18)22-12(17)8-6-10(15)20-4-2/h5-8H,3-4H2,1-2H3/b7-5-,8-6-. The third-order valence-corrected chi connectivity index (χ3v) is 1.65. The molecule has 0 aliphatic heterocycles. The molecular formula is C13H14O9. The molecule has 22 heavy (non-hydrogen) atoms. The third-order valence-electron chi connectivity index (χ3n) is 1.65. The number of carbonyl (C=O) groups excluding carboxylic acids is 5. The minimum atomic E-state index is -1.61. The van der Waals surface area contributed by atoms with Gasteiger partial charge in [0.2, 0.25) is 0 Å². The van der Waals surface area contributed by atoms with E-state index in [1.165, 1.54) is 0 Å². The minimum Gasteiger partial charge on any atom is -0.463 e. The highest BCUT2D eigenvalue weighted by Crippen LogP contribution is 1.92. The van der Waals surface area contributed by atoms with Crippen LogP contribution in [-0.2, 0) is 38.1 Å². The zero-order valence-electron chi connectivity index (χ0n) is 11.9. The Hall–Kier alpha value is -2.97. The van der Waals surface area contributed by atoms with Gasteiger partial charge in [0.1, 0.15) is 0 Å². The van der Waals surface area contributed by atoms with Crippen LogP contribution >= 0.6 is 0 Å². The van der Waals surface area contributed by atoms with Crippen molar-refractivity contribution in [2.24, 2.45) is 0 Å². The molecule has 0 radical (unpaired) electrons. The van der Waals surface area contributed by atoms with Crippen molar-refractivity contribution in [2.45, 2.75) is 13.8 Å². The quantitative estimate of drug-likeness (QED) is 0.297. The lowest BCUT2D eigenvalue weighted by Crippen LogP contribution is -2.16. The number of hydrogen-bond acceptors (Lipinski definition) is 9.